The fourth-order valence-electron chi connectivity index (χ4n) is 3.51. The summed E-state index contributed by atoms with van der Waals surface area (Å²) in [6.07, 6.45) is 6.58. The lowest BCUT2D eigenvalue weighted by atomic mass is 10.0. The average Bonchev–Trinajstić information content (AvgIpc) is 2.72. The van der Waals surface area contributed by atoms with E-state index >= 15 is 0 Å². The molecule has 1 fully saturated rings. The standard InChI is InChI=1S/C20H28N4O2/c1-4-16-7-5-6-10-24(16)20-12-19(22-14-23-20)21-13-15-8-9-17(25-2)18(11-15)26-3/h8-9,11-12,14,16H,4-7,10,13H2,1-3H3,(H,21,22,23). The summed E-state index contributed by atoms with van der Waals surface area (Å²) in [6, 6.07) is 8.55. The Labute approximate surface area is 155 Å². The van der Waals surface area contributed by atoms with E-state index in [0.717, 1.165) is 41.7 Å². The third-order valence-corrected chi connectivity index (χ3v) is 4.97. The molecule has 2 aromatic rings. The summed E-state index contributed by atoms with van der Waals surface area (Å²) in [5.41, 5.74) is 1.10. The number of piperidine rings is 1. The second kappa shape index (κ2) is 8.74. The van der Waals surface area contributed by atoms with Crippen molar-refractivity contribution in [1.29, 1.82) is 0 Å². The molecule has 3 rings (SSSR count). The molecule has 1 aromatic carbocycles. The van der Waals surface area contributed by atoms with Crippen LogP contribution in [-0.2, 0) is 6.54 Å². The van der Waals surface area contributed by atoms with Crippen LogP contribution in [0.3, 0.4) is 0 Å². The number of aromatic nitrogens is 2. The highest BCUT2D eigenvalue weighted by atomic mass is 16.5. The van der Waals surface area contributed by atoms with Gasteiger partial charge in [-0.1, -0.05) is 13.0 Å². The van der Waals surface area contributed by atoms with Gasteiger partial charge in [0.25, 0.3) is 0 Å². The largest absolute Gasteiger partial charge is 0.493 e. The van der Waals surface area contributed by atoms with Gasteiger partial charge in [-0.15, -0.1) is 0 Å². The number of rotatable bonds is 7. The van der Waals surface area contributed by atoms with Gasteiger partial charge in [-0.2, -0.15) is 0 Å². The number of anilines is 2. The van der Waals surface area contributed by atoms with E-state index in [1.54, 1.807) is 20.5 Å². The van der Waals surface area contributed by atoms with Crippen LogP contribution in [0.2, 0.25) is 0 Å². The van der Waals surface area contributed by atoms with E-state index in [4.69, 9.17) is 9.47 Å². The molecule has 1 atom stereocenters. The second-order valence-electron chi connectivity index (χ2n) is 6.56. The highest BCUT2D eigenvalue weighted by Gasteiger charge is 2.22. The highest BCUT2D eigenvalue weighted by molar-refractivity contribution is 5.50. The van der Waals surface area contributed by atoms with Crippen LogP contribution in [0.4, 0.5) is 11.6 Å². The summed E-state index contributed by atoms with van der Waals surface area (Å²) in [5, 5.41) is 3.39. The maximum atomic E-state index is 5.37. The van der Waals surface area contributed by atoms with E-state index in [0.29, 0.717) is 12.6 Å². The van der Waals surface area contributed by atoms with Crippen LogP contribution in [0.25, 0.3) is 0 Å². The Morgan fingerprint density at radius 1 is 1.12 bits per heavy atom. The maximum Gasteiger partial charge on any atom is 0.161 e. The summed E-state index contributed by atoms with van der Waals surface area (Å²) in [6.45, 7) is 3.99. The van der Waals surface area contributed by atoms with E-state index in [2.05, 4.69) is 33.2 Å². The average molecular weight is 356 g/mol. The molecule has 1 N–H and O–H groups in total. The van der Waals surface area contributed by atoms with Gasteiger partial charge < -0.3 is 19.7 Å². The van der Waals surface area contributed by atoms with Crippen molar-refractivity contribution in [3.05, 3.63) is 36.2 Å². The number of nitrogens with zero attached hydrogens (tertiary/aromatic N) is 3. The molecule has 0 saturated carbocycles. The molecule has 0 spiro atoms. The summed E-state index contributed by atoms with van der Waals surface area (Å²) in [5.74, 6) is 3.32. The number of methoxy groups -OCH3 is 2. The van der Waals surface area contributed by atoms with Crippen LogP contribution < -0.4 is 19.7 Å². The predicted molar refractivity (Wildman–Crippen MR) is 104 cm³/mol. The first-order valence-corrected chi connectivity index (χ1v) is 9.28. The Kier molecular flexibility index (Phi) is 6.15. The van der Waals surface area contributed by atoms with Gasteiger partial charge in [0.05, 0.1) is 14.2 Å². The van der Waals surface area contributed by atoms with Gasteiger partial charge in [0.1, 0.15) is 18.0 Å². The molecule has 1 unspecified atom stereocenters. The molecular formula is C20H28N4O2. The molecular weight excluding hydrogens is 328 g/mol. The molecule has 1 aromatic heterocycles. The molecule has 0 bridgehead atoms. The monoisotopic (exact) mass is 356 g/mol. The summed E-state index contributed by atoms with van der Waals surface area (Å²) < 4.78 is 10.7. The van der Waals surface area contributed by atoms with E-state index in [9.17, 15) is 0 Å². The van der Waals surface area contributed by atoms with Gasteiger partial charge in [0.15, 0.2) is 11.5 Å². The predicted octanol–water partition coefficient (Wildman–Crippen LogP) is 3.87. The molecule has 1 aliphatic heterocycles. The Balaban J connectivity index is 1.69. The SMILES string of the molecule is CCC1CCCCN1c1cc(NCc2ccc(OC)c(OC)c2)ncn1. The van der Waals surface area contributed by atoms with Crippen LogP contribution in [-0.4, -0.2) is 36.8 Å². The zero-order valence-corrected chi connectivity index (χ0v) is 15.9. The molecule has 2 heterocycles. The van der Waals surface area contributed by atoms with Crippen molar-refractivity contribution in [3.8, 4) is 11.5 Å². The topological polar surface area (TPSA) is 59.5 Å². The van der Waals surface area contributed by atoms with Gasteiger partial charge in [0, 0.05) is 25.2 Å². The first kappa shape index (κ1) is 18.3. The lowest BCUT2D eigenvalue weighted by Gasteiger charge is -2.36. The van der Waals surface area contributed by atoms with E-state index in [-0.39, 0.29) is 0 Å². The van der Waals surface area contributed by atoms with Crippen LogP contribution in [0.15, 0.2) is 30.6 Å². The van der Waals surface area contributed by atoms with Crippen molar-refractivity contribution < 1.29 is 9.47 Å². The van der Waals surface area contributed by atoms with Crippen molar-refractivity contribution in [2.24, 2.45) is 0 Å². The summed E-state index contributed by atoms with van der Waals surface area (Å²) in [4.78, 5) is 11.3. The lowest BCUT2D eigenvalue weighted by molar-refractivity contribution is 0.354. The van der Waals surface area contributed by atoms with Crippen LogP contribution >= 0.6 is 0 Å². The number of benzene rings is 1. The zero-order valence-electron chi connectivity index (χ0n) is 15.9. The molecule has 6 heteroatoms. The summed E-state index contributed by atoms with van der Waals surface area (Å²) in [7, 11) is 3.29. The molecule has 26 heavy (non-hydrogen) atoms. The first-order valence-electron chi connectivity index (χ1n) is 9.28. The fourth-order valence-corrected chi connectivity index (χ4v) is 3.51. The molecule has 140 valence electrons. The Hall–Kier alpha value is -2.50. The molecule has 6 nitrogen and oxygen atoms in total. The lowest BCUT2D eigenvalue weighted by Crippen LogP contribution is -2.39. The van der Waals surface area contributed by atoms with Crippen LogP contribution in [0.1, 0.15) is 38.2 Å². The van der Waals surface area contributed by atoms with Gasteiger partial charge >= 0.3 is 0 Å². The van der Waals surface area contributed by atoms with Crippen molar-refractivity contribution >= 4 is 11.6 Å². The zero-order chi connectivity index (χ0) is 18.4. The van der Waals surface area contributed by atoms with Crippen molar-refractivity contribution in [3.63, 3.8) is 0 Å². The third kappa shape index (κ3) is 4.18. The van der Waals surface area contributed by atoms with Gasteiger partial charge in [-0.3, -0.25) is 0 Å². The minimum atomic E-state index is 0.581. The Bertz CT molecular complexity index is 723. The van der Waals surface area contributed by atoms with E-state index < -0.39 is 0 Å². The normalized spacial score (nSPS) is 17.0. The van der Waals surface area contributed by atoms with Crippen molar-refractivity contribution in [1.82, 2.24) is 9.97 Å². The van der Waals surface area contributed by atoms with Crippen LogP contribution in [0.5, 0.6) is 11.5 Å². The smallest absolute Gasteiger partial charge is 0.161 e. The second-order valence-corrected chi connectivity index (χ2v) is 6.56. The third-order valence-electron chi connectivity index (χ3n) is 4.97. The maximum absolute atomic E-state index is 5.37. The first-order chi connectivity index (χ1) is 12.7. The molecule has 1 saturated heterocycles. The molecule has 0 amide bonds. The van der Waals surface area contributed by atoms with Gasteiger partial charge in [0.2, 0.25) is 0 Å². The minimum Gasteiger partial charge on any atom is -0.493 e. The Morgan fingerprint density at radius 3 is 2.73 bits per heavy atom. The number of hydrogen-bond acceptors (Lipinski definition) is 6. The number of nitrogens with one attached hydrogen (secondary N) is 1. The number of ether oxygens (including phenoxy) is 2. The van der Waals surface area contributed by atoms with Crippen molar-refractivity contribution in [2.45, 2.75) is 45.2 Å². The van der Waals surface area contributed by atoms with E-state index in [1.165, 1.54) is 19.3 Å². The van der Waals surface area contributed by atoms with Crippen LogP contribution in [0, 0.1) is 0 Å². The highest BCUT2D eigenvalue weighted by Crippen LogP contribution is 2.28. The Morgan fingerprint density at radius 2 is 1.96 bits per heavy atom. The molecule has 1 aliphatic rings. The quantitative estimate of drug-likeness (QED) is 0.812. The fraction of sp³-hybridized carbons (Fsp3) is 0.500. The molecule has 0 aliphatic carbocycles. The van der Waals surface area contributed by atoms with Crippen molar-refractivity contribution in [2.75, 3.05) is 31.0 Å². The number of hydrogen-bond donors (Lipinski definition) is 1. The van der Waals surface area contributed by atoms with Gasteiger partial charge in [-0.25, -0.2) is 9.97 Å². The van der Waals surface area contributed by atoms with Gasteiger partial charge in [-0.05, 0) is 43.4 Å². The van der Waals surface area contributed by atoms with E-state index in [1.807, 2.05) is 18.2 Å². The minimum absolute atomic E-state index is 0.581. The molecule has 0 radical (unpaired) electrons. The summed E-state index contributed by atoms with van der Waals surface area (Å²) >= 11 is 0.